The molecule has 5 heterocycles. The maximum absolute atomic E-state index is 13.5. The van der Waals surface area contributed by atoms with E-state index in [2.05, 4.69) is 44.3 Å². The topological polar surface area (TPSA) is 122 Å². The zero-order chi connectivity index (χ0) is 28.5. The third-order valence-electron chi connectivity index (χ3n) is 7.25. The van der Waals surface area contributed by atoms with Crippen LogP contribution in [0.25, 0.3) is 0 Å². The molecule has 0 aliphatic carbocycles. The maximum atomic E-state index is 13.5. The molecule has 0 radical (unpaired) electrons. The standard InChI is InChI=1S/C25H34F3N7O4S/c1-16-13-34(14-17(2)31-16)22-4-3-20(11-29-22)40(36,37)35-8-5-18(6-9-35)32-24-30-12-21(25(26,27)28)23(33-24)39-19-7-10-38-15-19/h3-4,11-12,16-19,31H,5-10,13-15H2,1-2H3,(H,30,32,33)/t16-,17-,19+/m1/s1. The molecule has 0 amide bonds. The van der Waals surface area contributed by atoms with Crippen molar-refractivity contribution in [3.05, 3.63) is 30.1 Å². The summed E-state index contributed by atoms with van der Waals surface area (Å²) in [6, 6.07) is 3.72. The molecule has 3 aliphatic rings. The molecule has 15 heteroatoms. The third-order valence-corrected chi connectivity index (χ3v) is 9.13. The first-order valence-electron chi connectivity index (χ1n) is 13.4. The summed E-state index contributed by atoms with van der Waals surface area (Å²) >= 11 is 0. The Hall–Kier alpha value is -2.75. The predicted octanol–water partition coefficient (Wildman–Crippen LogP) is 2.51. The number of aromatic nitrogens is 3. The van der Waals surface area contributed by atoms with Gasteiger partial charge in [-0.05, 0) is 38.8 Å². The molecule has 2 N–H and O–H groups in total. The Labute approximate surface area is 231 Å². The van der Waals surface area contributed by atoms with Crippen LogP contribution in [0, 0.1) is 0 Å². The fourth-order valence-electron chi connectivity index (χ4n) is 5.28. The van der Waals surface area contributed by atoms with Crippen LogP contribution in [0.4, 0.5) is 24.9 Å². The summed E-state index contributed by atoms with van der Waals surface area (Å²) in [6.07, 6.45) is -1.73. The Kier molecular flexibility index (Phi) is 8.36. The molecular formula is C25H34F3N7O4S. The molecule has 3 atom stereocenters. The first-order valence-corrected chi connectivity index (χ1v) is 14.9. The Balaban J connectivity index is 1.20. The number of nitrogens with one attached hydrogen (secondary N) is 2. The van der Waals surface area contributed by atoms with Crippen LogP contribution in [0.3, 0.4) is 0 Å². The minimum Gasteiger partial charge on any atom is -0.471 e. The number of piperazine rings is 1. The van der Waals surface area contributed by atoms with Crippen LogP contribution < -0.4 is 20.3 Å². The lowest BCUT2D eigenvalue weighted by atomic mass is 10.1. The van der Waals surface area contributed by atoms with Crippen LogP contribution in [-0.4, -0.2) is 91.3 Å². The molecule has 220 valence electrons. The van der Waals surface area contributed by atoms with Crippen LogP contribution in [0.2, 0.25) is 0 Å². The molecule has 2 aromatic rings. The van der Waals surface area contributed by atoms with E-state index in [4.69, 9.17) is 9.47 Å². The average Bonchev–Trinajstić information content (AvgIpc) is 3.41. The maximum Gasteiger partial charge on any atom is 0.423 e. The highest BCUT2D eigenvalue weighted by Gasteiger charge is 2.38. The predicted molar refractivity (Wildman–Crippen MR) is 141 cm³/mol. The number of rotatable bonds is 7. The van der Waals surface area contributed by atoms with Crippen LogP contribution in [0.5, 0.6) is 5.88 Å². The Morgan fingerprint density at radius 3 is 2.40 bits per heavy atom. The van der Waals surface area contributed by atoms with E-state index in [0.717, 1.165) is 18.9 Å². The van der Waals surface area contributed by atoms with Crippen LogP contribution in [0.15, 0.2) is 29.4 Å². The van der Waals surface area contributed by atoms with E-state index in [1.807, 2.05) is 0 Å². The lowest BCUT2D eigenvalue weighted by Gasteiger charge is -2.37. The lowest BCUT2D eigenvalue weighted by Crippen LogP contribution is -2.54. The summed E-state index contributed by atoms with van der Waals surface area (Å²) < 4.78 is 79.0. The first-order chi connectivity index (χ1) is 19.0. The van der Waals surface area contributed by atoms with E-state index in [0.29, 0.717) is 44.1 Å². The van der Waals surface area contributed by atoms with Crippen molar-refractivity contribution in [2.24, 2.45) is 0 Å². The summed E-state index contributed by atoms with van der Waals surface area (Å²) in [7, 11) is -3.75. The van der Waals surface area contributed by atoms with Crippen molar-refractivity contribution in [1.82, 2.24) is 24.6 Å². The third kappa shape index (κ3) is 6.58. The van der Waals surface area contributed by atoms with Gasteiger partial charge >= 0.3 is 6.18 Å². The van der Waals surface area contributed by atoms with E-state index in [1.165, 1.54) is 10.5 Å². The number of piperidine rings is 1. The molecule has 3 saturated heterocycles. The van der Waals surface area contributed by atoms with Gasteiger partial charge in [-0.15, -0.1) is 0 Å². The van der Waals surface area contributed by atoms with Gasteiger partial charge in [0.05, 0.1) is 13.2 Å². The monoisotopic (exact) mass is 585 g/mol. The smallest absolute Gasteiger partial charge is 0.423 e. The SMILES string of the molecule is C[C@@H]1CN(c2ccc(S(=O)(=O)N3CCC(Nc4ncc(C(F)(F)F)c(O[C@H]5CCOC5)n4)CC3)cn2)C[C@@H](C)N1. The molecular weight excluding hydrogens is 551 g/mol. The van der Waals surface area contributed by atoms with E-state index in [-0.39, 0.29) is 36.6 Å². The second-order valence-electron chi connectivity index (χ2n) is 10.6. The molecule has 40 heavy (non-hydrogen) atoms. The zero-order valence-electron chi connectivity index (χ0n) is 22.4. The van der Waals surface area contributed by atoms with Gasteiger partial charge in [-0.1, -0.05) is 0 Å². The van der Waals surface area contributed by atoms with Gasteiger partial charge in [0.2, 0.25) is 21.9 Å². The second kappa shape index (κ2) is 11.6. The van der Waals surface area contributed by atoms with Gasteiger partial charge < -0.3 is 25.0 Å². The number of halogens is 3. The van der Waals surface area contributed by atoms with E-state index >= 15 is 0 Å². The van der Waals surface area contributed by atoms with Crippen LogP contribution in [0.1, 0.15) is 38.7 Å². The van der Waals surface area contributed by atoms with E-state index in [1.54, 1.807) is 12.1 Å². The molecule has 0 bridgehead atoms. The van der Waals surface area contributed by atoms with Gasteiger partial charge in [0, 0.05) is 63.1 Å². The summed E-state index contributed by atoms with van der Waals surface area (Å²) in [5.41, 5.74) is -1.05. The Bertz CT molecular complexity index is 1260. The zero-order valence-corrected chi connectivity index (χ0v) is 23.2. The summed E-state index contributed by atoms with van der Waals surface area (Å²) in [4.78, 5) is 14.5. The summed E-state index contributed by atoms with van der Waals surface area (Å²) in [6.45, 7) is 6.85. The lowest BCUT2D eigenvalue weighted by molar-refractivity contribution is -0.139. The summed E-state index contributed by atoms with van der Waals surface area (Å²) in [5.74, 6) is 0.197. The number of hydrogen-bond acceptors (Lipinski definition) is 10. The quantitative estimate of drug-likeness (QED) is 0.501. The van der Waals surface area contributed by atoms with Crippen molar-refractivity contribution in [2.75, 3.05) is 49.6 Å². The molecule has 0 saturated carbocycles. The van der Waals surface area contributed by atoms with Gasteiger partial charge in [0.25, 0.3) is 0 Å². The van der Waals surface area contributed by atoms with Gasteiger partial charge in [-0.2, -0.15) is 22.5 Å². The van der Waals surface area contributed by atoms with Gasteiger partial charge in [0.15, 0.2) is 0 Å². The Morgan fingerprint density at radius 1 is 1.07 bits per heavy atom. The number of ether oxygens (including phenoxy) is 2. The minimum absolute atomic E-state index is 0.000407. The Morgan fingerprint density at radius 2 is 1.80 bits per heavy atom. The van der Waals surface area contributed by atoms with Gasteiger partial charge in [-0.3, -0.25) is 0 Å². The molecule has 0 aromatic carbocycles. The van der Waals surface area contributed by atoms with Crippen LogP contribution in [-0.2, 0) is 20.9 Å². The normalized spacial score (nSPS) is 25.2. The number of nitrogens with zero attached hydrogens (tertiary/aromatic N) is 5. The molecule has 0 unspecified atom stereocenters. The molecule has 11 nitrogen and oxygen atoms in total. The number of alkyl halides is 3. The molecule has 0 spiro atoms. The molecule has 3 aliphatic heterocycles. The van der Waals surface area contributed by atoms with E-state index in [9.17, 15) is 21.6 Å². The number of sulfonamides is 1. The first kappa shape index (κ1) is 28.8. The largest absolute Gasteiger partial charge is 0.471 e. The van der Waals surface area contributed by atoms with E-state index < -0.39 is 33.7 Å². The van der Waals surface area contributed by atoms with Crippen molar-refractivity contribution in [3.8, 4) is 5.88 Å². The van der Waals surface area contributed by atoms with Gasteiger partial charge in [-0.25, -0.2) is 18.4 Å². The average molecular weight is 586 g/mol. The highest BCUT2D eigenvalue weighted by molar-refractivity contribution is 7.89. The summed E-state index contributed by atoms with van der Waals surface area (Å²) in [5, 5.41) is 6.50. The second-order valence-corrected chi connectivity index (χ2v) is 12.5. The van der Waals surface area contributed by atoms with Crippen molar-refractivity contribution in [2.45, 2.75) is 68.4 Å². The number of hydrogen-bond donors (Lipinski definition) is 2. The van der Waals surface area contributed by atoms with Crippen LogP contribution >= 0.6 is 0 Å². The fraction of sp³-hybridized carbons (Fsp3) is 0.640. The van der Waals surface area contributed by atoms with Crippen molar-refractivity contribution in [1.29, 1.82) is 0 Å². The van der Waals surface area contributed by atoms with Gasteiger partial charge in [0.1, 0.15) is 22.4 Å². The minimum atomic E-state index is -4.66. The number of pyridine rings is 1. The van der Waals surface area contributed by atoms with Crippen molar-refractivity contribution >= 4 is 21.8 Å². The molecule has 2 aromatic heterocycles. The van der Waals surface area contributed by atoms with Crippen molar-refractivity contribution in [3.63, 3.8) is 0 Å². The fourth-order valence-corrected chi connectivity index (χ4v) is 6.70. The molecule has 5 rings (SSSR count). The molecule has 3 fully saturated rings. The highest BCUT2D eigenvalue weighted by atomic mass is 32.2. The highest BCUT2D eigenvalue weighted by Crippen LogP contribution is 2.36. The van der Waals surface area contributed by atoms with Crippen molar-refractivity contribution < 1.29 is 31.1 Å². The number of anilines is 2.